The third-order valence-electron chi connectivity index (χ3n) is 4.43. The quantitative estimate of drug-likeness (QED) is 0.808. The average Bonchev–Trinajstić information content (AvgIpc) is 3.37. The fraction of sp³-hybridized carbons (Fsp3) is 0.316. The van der Waals surface area contributed by atoms with Crippen molar-refractivity contribution in [2.24, 2.45) is 4.99 Å². The first-order valence-corrected chi connectivity index (χ1v) is 8.11. The SMILES string of the molecule is [2H]C1=N[C@H](c2ccc(C(=O)OC)cc2)C=C(c2cnn(C3CC3)c2)C1. The van der Waals surface area contributed by atoms with Gasteiger partial charge in [-0.25, -0.2) is 4.79 Å². The van der Waals surface area contributed by atoms with E-state index in [9.17, 15) is 4.79 Å². The second-order valence-corrected chi connectivity index (χ2v) is 6.15. The van der Waals surface area contributed by atoms with E-state index < -0.39 is 0 Å². The number of allylic oxidation sites excluding steroid dienone is 1. The van der Waals surface area contributed by atoms with Gasteiger partial charge in [0.2, 0.25) is 0 Å². The average molecular weight is 322 g/mol. The number of hydrogen-bond donors (Lipinski definition) is 0. The summed E-state index contributed by atoms with van der Waals surface area (Å²) in [4.78, 5) is 16.0. The maximum Gasteiger partial charge on any atom is 0.337 e. The van der Waals surface area contributed by atoms with Crippen molar-refractivity contribution in [3.05, 3.63) is 59.4 Å². The Morgan fingerprint density at radius 2 is 2.12 bits per heavy atom. The van der Waals surface area contributed by atoms with Gasteiger partial charge in [-0.05, 0) is 36.1 Å². The third kappa shape index (κ3) is 2.89. The Labute approximate surface area is 142 Å². The molecule has 1 aliphatic heterocycles. The number of ether oxygens (including phenoxy) is 1. The molecule has 2 heterocycles. The second-order valence-electron chi connectivity index (χ2n) is 6.15. The number of nitrogens with zero attached hydrogens (tertiary/aromatic N) is 3. The molecule has 1 fully saturated rings. The molecule has 1 aliphatic carbocycles. The van der Waals surface area contributed by atoms with E-state index in [1.165, 1.54) is 20.0 Å². The molecule has 0 unspecified atom stereocenters. The van der Waals surface area contributed by atoms with Crippen LogP contribution in [0.15, 0.2) is 47.7 Å². The van der Waals surface area contributed by atoms with Gasteiger partial charge in [0, 0.05) is 24.4 Å². The van der Waals surface area contributed by atoms with Crippen LogP contribution in [0.25, 0.3) is 5.57 Å². The lowest BCUT2D eigenvalue weighted by Gasteiger charge is -2.15. The number of benzene rings is 1. The summed E-state index contributed by atoms with van der Waals surface area (Å²) in [6.07, 6.45) is 9.30. The van der Waals surface area contributed by atoms with E-state index >= 15 is 0 Å². The smallest absolute Gasteiger partial charge is 0.337 e. The van der Waals surface area contributed by atoms with Crippen LogP contribution in [0, 0.1) is 0 Å². The molecule has 1 aromatic heterocycles. The second kappa shape index (κ2) is 6.07. The molecule has 2 aliphatic rings. The molecule has 0 amide bonds. The number of aliphatic imine (C=N–C) groups is 1. The van der Waals surface area contributed by atoms with E-state index in [2.05, 4.69) is 22.4 Å². The number of esters is 1. The van der Waals surface area contributed by atoms with Crippen molar-refractivity contribution in [2.75, 3.05) is 7.11 Å². The molecule has 4 rings (SSSR count). The lowest BCUT2D eigenvalue weighted by Crippen LogP contribution is -2.03. The lowest BCUT2D eigenvalue weighted by atomic mass is 9.97. The highest BCUT2D eigenvalue weighted by molar-refractivity contribution is 5.89. The van der Waals surface area contributed by atoms with E-state index in [1.807, 2.05) is 23.0 Å². The van der Waals surface area contributed by atoms with Crippen LogP contribution < -0.4 is 0 Å². The van der Waals surface area contributed by atoms with E-state index in [-0.39, 0.29) is 12.0 Å². The fourth-order valence-corrected chi connectivity index (χ4v) is 2.86. The van der Waals surface area contributed by atoms with Crippen LogP contribution in [-0.2, 0) is 4.74 Å². The molecule has 24 heavy (non-hydrogen) atoms. The highest BCUT2D eigenvalue weighted by Gasteiger charge is 2.25. The molecule has 0 saturated heterocycles. The highest BCUT2D eigenvalue weighted by atomic mass is 16.5. The van der Waals surface area contributed by atoms with Gasteiger partial charge in [-0.15, -0.1) is 0 Å². The first kappa shape index (κ1) is 13.7. The molecule has 2 aromatic rings. The number of rotatable bonds is 4. The zero-order chi connectivity index (χ0) is 17.4. The van der Waals surface area contributed by atoms with Gasteiger partial charge in [-0.1, -0.05) is 18.2 Å². The Bertz CT molecular complexity index is 863. The van der Waals surface area contributed by atoms with Crippen LogP contribution in [0.3, 0.4) is 0 Å². The van der Waals surface area contributed by atoms with Crippen LogP contribution in [0.2, 0.25) is 0 Å². The van der Waals surface area contributed by atoms with Crippen LogP contribution in [0.5, 0.6) is 0 Å². The van der Waals surface area contributed by atoms with Crippen molar-refractivity contribution in [1.82, 2.24) is 9.78 Å². The van der Waals surface area contributed by atoms with Crippen molar-refractivity contribution >= 4 is 17.7 Å². The third-order valence-corrected chi connectivity index (χ3v) is 4.43. The first-order valence-electron chi connectivity index (χ1n) is 8.61. The van der Waals surface area contributed by atoms with Crippen LogP contribution in [0.1, 0.15) is 54.2 Å². The summed E-state index contributed by atoms with van der Waals surface area (Å²) in [5.74, 6) is -0.358. The summed E-state index contributed by atoms with van der Waals surface area (Å²) in [7, 11) is 1.37. The van der Waals surface area contributed by atoms with E-state index in [4.69, 9.17) is 6.11 Å². The molecule has 122 valence electrons. The van der Waals surface area contributed by atoms with Crippen molar-refractivity contribution in [1.29, 1.82) is 0 Å². The van der Waals surface area contributed by atoms with Gasteiger partial charge in [-0.2, -0.15) is 5.10 Å². The molecular formula is C19H19N3O2. The largest absolute Gasteiger partial charge is 0.465 e. The maximum absolute atomic E-state index is 11.6. The number of aromatic nitrogens is 2. The van der Waals surface area contributed by atoms with Gasteiger partial charge in [0.1, 0.15) is 0 Å². The van der Waals surface area contributed by atoms with Crippen molar-refractivity contribution < 1.29 is 10.9 Å². The van der Waals surface area contributed by atoms with Gasteiger partial charge >= 0.3 is 5.97 Å². The van der Waals surface area contributed by atoms with Gasteiger partial charge < -0.3 is 4.74 Å². The molecule has 1 aromatic carbocycles. The molecule has 1 saturated carbocycles. The standard InChI is InChI=1S/C19H19N3O2/c1-24-19(23)14-4-2-13(3-5-14)18-10-15(8-9-20-18)16-11-21-22(12-16)17-6-7-17/h2-5,9-12,17-18H,6-8H2,1H3/t18-/m0/s1/i9D. The number of carbonyl (C=O) groups is 1. The molecule has 0 spiro atoms. The summed E-state index contributed by atoms with van der Waals surface area (Å²) in [6, 6.07) is 7.51. The molecule has 0 N–H and O–H groups in total. The minimum absolute atomic E-state index is 0.216. The molecule has 0 radical (unpaired) electrons. The molecule has 5 heteroatoms. The number of methoxy groups -OCH3 is 1. The monoisotopic (exact) mass is 322 g/mol. The van der Waals surface area contributed by atoms with Crippen LogP contribution in [0.4, 0.5) is 0 Å². The topological polar surface area (TPSA) is 56.5 Å². The van der Waals surface area contributed by atoms with Crippen LogP contribution >= 0.6 is 0 Å². The lowest BCUT2D eigenvalue weighted by molar-refractivity contribution is 0.0600. The predicted molar refractivity (Wildman–Crippen MR) is 92.1 cm³/mol. The summed E-state index contributed by atoms with van der Waals surface area (Å²) in [6.45, 7) is 0. The zero-order valence-electron chi connectivity index (χ0n) is 14.5. The number of carbonyl (C=O) groups excluding carboxylic acids is 1. The van der Waals surface area contributed by atoms with Crippen molar-refractivity contribution in [2.45, 2.75) is 31.3 Å². The maximum atomic E-state index is 11.6. The van der Waals surface area contributed by atoms with Crippen molar-refractivity contribution in [3.8, 4) is 0 Å². The Morgan fingerprint density at radius 1 is 1.33 bits per heavy atom. The van der Waals surface area contributed by atoms with E-state index in [0.29, 0.717) is 24.2 Å². The Hall–Kier alpha value is -2.69. The molecule has 5 nitrogen and oxygen atoms in total. The Kier molecular flexibility index (Phi) is 3.47. The summed E-state index contributed by atoms with van der Waals surface area (Å²) in [5.41, 5.74) is 3.59. The minimum atomic E-state index is -0.358. The summed E-state index contributed by atoms with van der Waals surface area (Å²) < 4.78 is 14.8. The van der Waals surface area contributed by atoms with Crippen LogP contribution in [-0.4, -0.2) is 29.1 Å². The van der Waals surface area contributed by atoms with Gasteiger partial charge in [-0.3, -0.25) is 9.67 Å². The summed E-state index contributed by atoms with van der Waals surface area (Å²) >= 11 is 0. The van der Waals surface area contributed by atoms with E-state index in [0.717, 1.165) is 16.7 Å². The molecule has 1 atom stereocenters. The van der Waals surface area contributed by atoms with E-state index in [1.54, 1.807) is 12.1 Å². The van der Waals surface area contributed by atoms with Gasteiger partial charge in [0.25, 0.3) is 0 Å². The van der Waals surface area contributed by atoms with Crippen molar-refractivity contribution in [3.63, 3.8) is 0 Å². The number of dihydropyridines is 1. The van der Waals surface area contributed by atoms with Gasteiger partial charge in [0.05, 0.1) is 32.3 Å². The fourth-order valence-electron chi connectivity index (χ4n) is 2.86. The Morgan fingerprint density at radius 3 is 2.83 bits per heavy atom. The van der Waals surface area contributed by atoms with Gasteiger partial charge in [0.15, 0.2) is 0 Å². The summed E-state index contributed by atoms with van der Waals surface area (Å²) in [5, 5.41) is 4.44. The predicted octanol–water partition coefficient (Wildman–Crippen LogP) is 3.60. The normalized spacial score (nSPS) is 20.9. The molecular weight excluding hydrogens is 302 g/mol. The minimum Gasteiger partial charge on any atom is -0.465 e. The number of hydrogen-bond acceptors (Lipinski definition) is 4. The zero-order valence-corrected chi connectivity index (χ0v) is 13.5. The Balaban J connectivity index is 1.60. The first-order chi connectivity index (χ1) is 12.1. The highest BCUT2D eigenvalue weighted by Crippen LogP contribution is 2.35. The molecule has 0 bridgehead atoms.